The molecule has 1 aliphatic heterocycles. The van der Waals surface area contributed by atoms with Crippen LogP contribution in [0.5, 0.6) is 5.75 Å². The Morgan fingerprint density at radius 1 is 1.47 bits per heavy atom. The summed E-state index contributed by atoms with van der Waals surface area (Å²) in [5.41, 5.74) is 2.66. The first-order valence-electron chi connectivity index (χ1n) is 5.73. The second-order valence-corrected chi connectivity index (χ2v) is 4.45. The number of ether oxygens (including phenoxy) is 1. The molecular formula is C13H19NO. The Hall–Kier alpha value is -1.18. The maximum absolute atomic E-state index is 5.50. The molecule has 0 amide bonds. The molecule has 2 rings (SSSR count). The summed E-state index contributed by atoms with van der Waals surface area (Å²) in [6, 6.07) is 6.91. The van der Waals surface area contributed by atoms with E-state index in [2.05, 4.69) is 31.3 Å². The van der Waals surface area contributed by atoms with Crippen molar-refractivity contribution in [3.05, 3.63) is 23.8 Å². The Kier molecular flexibility index (Phi) is 2.85. The molecule has 0 saturated heterocycles. The summed E-state index contributed by atoms with van der Waals surface area (Å²) >= 11 is 0. The molecule has 0 radical (unpaired) electrons. The molecule has 0 saturated carbocycles. The van der Waals surface area contributed by atoms with Crippen molar-refractivity contribution >= 4 is 5.69 Å². The summed E-state index contributed by atoms with van der Waals surface area (Å²) in [6.07, 6.45) is 1.12. The highest BCUT2D eigenvalue weighted by atomic mass is 16.5. The zero-order valence-corrected chi connectivity index (χ0v) is 9.71. The fourth-order valence-corrected chi connectivity index (χ4v) is 2.03. The lowest BCUT2D eigenvalue weighted by Gasteiger charge is -2.14. The standard InChI is InChI=1S/C13H19NO/c1-4-15-11-5-6-12-10(7-11)8-13(14-12)9(2)3/h5-7,9,13-14H,4,8H2,1-3H3. The molecule has 0 bridgehead atoms. The molecule has 0 spiro atoms. The Morgan fingerprint density at radius 3 is 2.93 bits per heavy atom. The summed E-state index contributed by atoms with van der Waals surface area (Å²) in [5.74, 6) is 1.66. The van der Waals surface area contributed by atoms with Gasteiger partial charge in [-0.15, -0.1) is 0 Å². The zero-order valence-electron chi connectivity index (χ0n) is 9.71. The Bertz CT molecular complexity index is 346. The van der Waals surface area contributed by atoms with Crippen molar-refractivity contribution in [3.63, 3.8) is 0 Å². The maximum Gasteiger partial charge on any atom is 0.119 e. The third kappa shape index (κ3) is 2.09. The van der Waals surface area contributed by atoms with Crippen molar-refractivity contribution in [2.75, 3.05) is 11.9 Å². The van der Waals surface area contributed by atoms with Gasteiger partial charge in [-0.2, -0.15) is 0 Å². The number of fused-ring (bicyclic) bond motifs is 1. The molecule has 0 aliphatic carbocycles. The van der Waals surface area contributed by atoms with E-state index in [0.717, 1.165) is 18.8 Å². The molecule has 15 heavy (non-hydrogen) atoms. The third-order valence-electron chi connectivity index (χ3n) is 2.97. The van der Waals surface area contributed by atoms with E-state index in [9.17, 15) is 0 Å². The zero-order chi connectivity index (χ0) is 10.8. The van der Waals surface area contributed by atoms with Crippen molar-refractivity contribution in [2.45, 2.75) is 33.2 Å². The fraction of sp³-hybridized carbons (Fsp3) is 0.538. The van der Waals surface area contributed by atoms with Gasteiger partial charge in [0.15, 0.2) is 0 Å². The van der Waals surface area contributed by atoms with Crippen LogP contribution in [0.15, 0.2) is 18.2 Å². The molecule has 0 aromatic heterocycles. The SMILES string of the molecule is CCOc1ccc2c(c1)CC(C(C)C)N2. The molecule has 2 nitrogen and oxygen atoms in total. The molecule has 1 aromatic rings. The number of nitrogens with one attached hydrogen (secondary N) is 1. The summed E-state index contributed by atoms with van der Waals surface area (Å²) in [4.78, 5) is 0. The third-order valence-corrected chi connectivity index (χ3v) is 2.97. The molecular weight excluding hydrogens is 186 g/mol. The van der Waals surface area contributed by atoms with E-state index in [1.807, 2.05) is 13.0 Å². The Labute approximate surface area is 91.6 Å². The van der Waals surface area contributed by atoms with E-state index in [1.165, 1.54) is 11.3 Å². The van der Waals surface area contributed by atoms with Crippen LogP contribution in [0.1, 0.15) is 26.3 Å². The van der Waals surface area contributed by atoms with Gasteiger partial charge in [0.25, 0.3) is 0 Å². The number of benzene rings is 1. The minimum Gasteiger partial charge on any atom is -0.494 e. The van der Waals surface area contributed by atoms with E-state index in [1.54, 1.807) is 0 Å². The first-order valence-corrected chi connectivity index (χ1v) is 5.73. The maximum atomic E-state index is 5.50. The normalized spacial score (nSPS) is 18.8. The molecule has 1 aromatic carbocycles. The van der Waals surface area contributed by atoms with Gasteiger partial charge in [0.05, 0.1) is 6.61 Å². The van der Waals surface area contributed by atoms with E-state index in [-0.39, 0.29) is 0 Å². The van der Waals surface area contributed by atoms with Crippen LogP contribution < -0.4 is 10.1 Å². The van der Waals surface area contributed by atoms with Crippen molar-refractivity contribution in [2.24, 2.45) is 5.92 Å². The molecule has 1 atom stereocenters. The second kappa shape index (κ2) is 4.13. The summed E-state index contributed by atoms with van der Waals surface area (Å²) in [5, 5.41) is 3.55. The van der Waals surface area contributed by atoms with Crippen molar-refractivity contribution < 1.29 is 4.74 Å². The largest absolute Gasteiger partial charge is 0.494 e. The van der Waals surface area contributed by atoms with Crippen LogP contribution in [-0.2, 0) is 6.42 Å². The van der Waals surface area contributed by atoms with Gasteiger partial charge in [0.1, 0.15) is 5.75 Å². The number of hydrogen-bond acceptors (Lipinski definition) is 2. The topological polar surface area (TPSA) is 21.3 Å². The van der Waals surface area contributed by atoms with Gasteiger partial charge >= 0.3 is 0 Å². The van der Waals surface area contributed by atoms with Gasteiger partial charge in [-0.25, -0.2) is 0 Å². The lowest BCUT2D eigenvalue weighted by Crippen LogP contribution is -2.21. The van der Waals surface area contributed by atoms with E-state index in [0.29, 0.717) is 12.0 Å². The van der Waals surface area contributed by atoms with Crippen LogP contribution in [-0.4, -0.2) is 12.6 Å². The average molecular weight is 205 g/mol. The molecule has 2 heteroatoms. The van der Waals surface area contributed by atoms with E-state index < -0.39 is 0 Å². The van der Waals surface area contributed by atoms with Crippen LogP contribution >= 0.6 is 0 Å². The molecule has 1 aliphatic rings. The number of rotatable bonds is 3. The van der Waals surface area contributed by atoms with Crippen molar-refractivity contribution in [1.82, 2.24) is 0 Å². The van der Waals surface area contributed by atoms with Gasteiger partial charge in [0, 0.05) is 11.7 Å². The first-order chi connectivity index (χ1) is 7.20. The predicted octanol–water partition coefficient (Wildman–Crippen LogP) is 3.08. The van der Waals surface area contributed by atoms with Crippen LogP contribution in [0.25, 0.3) is 0 Å². The quantitative estimate of drug-likeness (QED) is 0.818. The van der Waals surface area contributed by atoms with Gasteiger partial charge in [0.2, 0.25) is 0 Å². The lowest BCUT2D eigenvalue weighted by molar-refractivity contribution is 0.340. The Balaban J connectivity index is 2.16. The first kappa shape index (κ1) is 10.3. The average Bonchev–Trinajstić information content (AvgIpc) is 2.61. The minimum absolute atomic E-state index is 0.580. The number of hydrogen-bond donors (Lipinski definition) is 1. The highest BCUT2D eigenvalue weighted by Gasteiger charge is 2.23. The van der Waals surface area contributed by atoms with Crippen LogP contribution in [0.2, 0.25) is 0 Å². The van der Waals surface area contributed by atoms with Gasteiger partial charge in [-0.05, 0) is 43.0 Å². The molecule has 82 valence electrons. The molecule has 0 fully saturated rings. The number of anilines is 1. The lowest BCUT2D eigenvalue weighted by atomic mass is 10.0. The smallest absolute Gasteiger partial charge is 0.119 e. The summed E-state index contributed by atoms with van der Waals surface area (Å²) < 4.78 is 5.50. The van der Waals surface area contributed by atoms with Crippen LogP contribution in [0.4, 0.5) is 5.69 Å². The predicted molar refractivity (Wildman–Crippen MR) is 63.6 cm³/mol. The van der Waals surface area contributed by atoms with Crippen LogP contribution in [0, 0.1) is 5.92 Å². The van der Waals surface area contributed by atoms with Gasteiger partial charge < -0.3 is 10.1 Å². The van der Waals surface area contributed by atoms with Crippen molar-refractivity contribution in [1.29, 1.82) is 0 Å². The second-order valence-electron chi connectivity index (χ2n) is 4.45. The van der Waals surface area contributed by atoms with Gasteiger partial charge in [-0.1, -0.05) is 13.8 Å². The molecule has 1 unspecified atom stereocenters. The fourth-order valence-electron chi connectivity index (χ4n) is 2.03. The summed E-state index contributed by atoms with van der Waals surface area (Å²) in [6.45, 7) is 7.27. The van der Waals surface area contributed by atoms with E-state index >= 15 is 0 Å². The monoisotopic (exact) mass is 205 g/mol. The highest BCUT2D eigenvalue weighted by molar-refractivity contribution is 5.59. The summed E-state index contributed by atoms with van der Waals surface area (Å²) in [7, 11) is 0. The van der Waals surface area contributed by atoms with Gasteiger partial charge in [-0.3, -0.25) is 0 Å². The van der Waals surface area contributed by atoms with Crippen LogP contribution in [0.3, 0.4) is 0 Å². The molecule has 1 heterocycles. The van der Waals surface area contributed by atoms with Crippen molar-refractivity contribution in [3.8, 4) is 5.75 Å². The van der Waals surface area contributed by atoms with E-state index in [4.69, 9.17) is 4.74 Å². The minimum atomic E-state index is 0.580. The molecule has 1 N–H and O–H groups in total. The highest BCUT2D eigenvalue weighted by Crippen LogP contribution is 2.31. The Morgan fingerprint density at radius 2 is 2.27 bits per heavy atom.